The van der Waals surface area contributed by atoms with E-state index in [-0.39, 0.29) is 5.75 Å². The number of pyridine rings is 1. The number of halogens is 2. The average Bonchev–Trinajstić information content (AvgIpc) is 2.42. The number of ether oxygens (including phenoxy) is 1. The van der Waals surface area contributed by atoms with Gasteiger partial charge in [0, 0.05) is 11.1 Å². The van der Waals surface area contributed by atoms with Gasteiger partial charge in [0.15, 0.2) is 0 Å². The molecule has 0 aliphatic carbocycles. The molecule has 0 saturated carbocycles. The first-order valence-corrected chi connectivity index (χ1v) is 7.50. The topological polar surface area (TPSA) is 39.2 Å². The van der Waals surface area contributed by atoms with Gasteiger partial charge in [-0.3, -0.25) is 9.19 Å². The molecule has 0 fully saturated rings. The Balaban J connectivity index is 2.15. The van der Waals surface area contributed by atoms with Gasteiger partial charge >= 0.3 is 0 Å². The minimum Gasteiger partial charge on any atom is -0.497 e. The molecule has 2 aromatic rings. The predicted octanol–water partition coefficient (Wildman–Crippen LogP) is 3.70. The van der Waals surface area contributed by atoms with E-state index in [2.05, 4.69) is 4.98 Å². The van der Waals surface area contributed by atoms with Crippen molar-refractivity contribution in [3.8, 4) is 5.75 Å². The number of hydrogen-bond acceptors (Lipinski definition) is 3. The van der Waals surface area contributed by atoms with Crippen molar-refractivity contribution in [2.45, 2.75) is 10.6 Å². The predicted molar refractivity (Wildman–Crippen MR) is 77.4 cm³/mol. The third-order valence-corrected chi connectivity index (χ3v) is 4.34. The monoisotopic (exact) mass is 315 g/mol. The molecule has 0 bridgehead atoms. The van der Waals surface area contributed by atoms with Gasteiger partial charge in [0.2, 0.25) is 0 Å². The van der Waals surface area contributed by atoms with Gasteiger partial charge in [0.05, 0.1) is 39.4 Å². The van der Waals surface area contributed by atoms with Crippen LogP contribution < -0.4 is 4.74 Å². The highest BCUT2D eigenvalue weighted by Crippen LogP contribution is 2.22. The van der Waals surface area contributed by atoms with Gasteiger partial charge in [-0.15, -0.1) is 0 Å². The van der Waals surface area contributed by atoms with E-state index in [4.69, 9.17) is 27.9 Å². The van der Waals surface area contributed by atoms with Crippen LogP contribution in [0, 0.1) is 0 Å². The smallest absolute Gasteiger partial charge is 0.118 e. The quantitative estimate of drug-likeness (QED) is 0.863. The molecular weight excluding hydrogens is 305 g/mol. The fourth-order valence-electron chi connectivity index (χ4n) is 1.48. The van der Waals surface area contributed by atoms with Crippen LogP contribution in [0.3, 0.4) is 0 Å². The summed E-state index contributed by atoms with van der Waals surface area (Å²) in [6, 6.07) is 8.66. The Labute approximate surface area is 124 Å². The maximum Gasteiger partial charge on any atom is 0.118 e. The highest BCUT2D eigenvalue weighted by Gasteiger charge is 2.10. The van der Waals surface area contributed by atoms with Gasteiger partial charge in [-0.05, 0) is 30.3 Å². The van der Waals surface area contributed by atoms with Crippen molar-refractivity contribution in [1.29, 1.82) is 0 Å². The highest BCUT2D eigenvalue weighted by atomic mass is 35.5. The van der Waals surface area contributed by atoms with Gasteiger partial charge < -0.3 is 4.74 Å². The normalized spacial score (nSPS) is 12.2. The van der Waals surface area contributed by atoms with E-state index in [1.54, 1.807) is 37.4 Å². The molecule has 0 radical (unpaired) electrons. The number of aromatic nitrogens is 1. The second-order valence-electron chi connectivity index (χ2n) is 3.75. The summed E-state index contributed by atoms with van der Waals surface area (Å²) in [5.74, 6) is 0.978. The van der Waals surface area contributed by atoms with Crippen LogP contribution in [0.1, 0.15) is 5.69 Å². The molecule has 1 heterocycles. The summed E-state index contributed by atoms with van der Waals surface area (Å²) in [6.45, 7) is 0. The van der Waals surface area contributed by atoms with Crippen LogP contribution in [0.5, 0.6) is 5.75 Å². The van der Waals surface area contributed by atoms with Crippen LogP contribution in [0.25, 0.3) is 0 Å². The van der Waals surface area contributed by atoms with Gasteiger partial charge in [0.25, 0.3) is 0 Å². The Morgan fingerprint density at radius 2 is 1.95 bits per heavy atom. The third kappa shape index (κ3) is 3.69. The molecule has 0 spiro atoms. The lowest BCUT2D eigenvalue weighted by molar-refractivity contribution is 0.414. The molecule has 19 heavy (non-hydrogen) atoms. The van der Waals surface area contributed by atoms with Crippen LogP contribution in [-0.4, -0.2) is 16.3 Å². The van der Waals surface area contributed by atoms with Crippen molar-refractivity contribution in [3.05, 3.63) is 52.3 Å². The molecule has 0 unspecified atom stereocenters. The summed E-state index contributed by atoms with van der Waals surface area (Å²) in [5.41, 5.74) is 0.570. The average molecular weight is 316 g/mol. The van der Waals surface area contributed by atoms with Crippen molar-refractivity contribution in [2.24, 2.45) is 0 Å². The van der Waals surface area contributed by atoms with Crippen molar-refractivity contribution in [3.63, 3.8) is 0 Å². The molecule has 3 nitrogen and oxygen atoms in total. The summed E-state index contributed by atoms with van der Waals surface area (Å²) >= 11 is 11.8. The number of nitrogens with zero attached hydrogens (tertiary/aromatic N) is 1. The lowest BCUT2D eigenvalue weighted by Gasteiger charge is -2.05. The maximum atomic E-state index is 12.2. The first kappa shape index (κ1) is 14.3. The van der Waals surface area contributed by atoms with Crippen molar-refractivity contribution < 1.29 is 8.95 Å². The summed E-state index contributed by atoms with van der Waals surface area (Å²) < 4.78 is 17.2. The molecule has 1 aromatic carbocycles. The number of rotatable bonds is 4. The Bertz CT molecular complexity index is 602. The molecule has 1 atom stereocenters. The van der Waals surface area contributed by atoms with E-state index in [1.165, 1.54) is 6.20 Å². The largest absolute Gasteiger partial charge is 0.497 e. The van der Waals surface area contributed by atoms with E-state index < -0.39 is 10.8 Å². The first-order valence-electron chi connectivity index (χ1n) is 5.42. The molecule has 0 N–H and O–H groups in total. The second-order valence-corrected chi connectivity index (χ2v) is 6.04. The lowest BCUT2D eigenvalue weighted by atomic mass is 10.3. The SMILES string of the molecule is COc1ccc([S@](=O)Cc2ncc(Cl)cc2Cl)cc1. The van der Waals surface area contributed by atoms with Crippen LogP contribution in [0.2, 0.25) is 10.0 Å². The standard InChI is InChI=1S/C13H11Cl2NO2S/c1-18-10-2-4-11(5-3-10)19(17)8-13-12(15)6-9(14)7-16-13/h2-7H,8H2,1H3/t19-/m1/s1. The zero-order valence-electron chi connectivity index (χ0n) is 10.1. The molecule has 0 amide bonds. The fraction of sp³-hybridized carbons (Fsp3) is 0.154. The molecule has 0 aliphatic heterocycles. The van der Waals surface area contributed by atoms with Gasteiger partial charge in [-0.2, -0.15) is 0 Å². The minimum absolute atomic E-state index is 0.252. The lowest BCUT2D eigenvalue weighted by Crippen LogP contribution is -1.99. The van der Waals surface area contributed by atoms with E-state index >= 15 is 0 Å². The fourth-order valence-corrected chi connectivity index (χ4v) is 3.09. The van der Waals surface area contributed by atoms with E-state index in [1.807, 2.05) is 0 Å². The van der Waals surface area contributed by atoms with Gasteiger partial charge in [-0.1, -0.05) is 23.2 Å². The van der Waals surface area contributed by atoms with Gasteiger partial charge in [0.1, 0.15) is 5.75 Å². The molecular formula is C13H11Cl2NO2S. The Kier molecular flexibility index (Phi) is 4.80. The minimum atomic E-state index is -1.21. The van der Waals surface area contributed by atoms with Crippen molar-refractivity contribution in [1.82, 2.24) is 4.98 Å². The molecule has 100 valence electrons. The second kappa shape index (κ2) is 6.37. The van der Waals surface area contributed by atoms with Crippen LogP contribution in [0.4, 0.5) is 0 Å². The molecule has 2 rings (SSSR count). The van der Waals surface area contributed by atoms with Crippen LogP contribution in [-0.2, 0) is 16.6 Å². The van der Waals surface area contributed by atoms with E-state index in [0.29, 0.717) is 20.6 Å². The van der Waals surface area contributed by atoms with Gasteiger partial charge in [-0.25, -0.2) is 0 Å². The molecule has 1 aromatic heterocycles. The number of methoxy groups -OCH3 is 1. The summed E-state index contributed by atoms with van der Waals surface area (Å²) in [6.07, 6.45) is 1.49. The molecule has 0 saturated heterocycles. The highest BCUT2D eigenvalue weighted by molar-refractivity contribution is 7.84. The number of hydrogen-bond donors (Lipinski definition) is 0. The Hall–Kier alpha value is -1.10. The first-order chi connectivity index (χ1) is 9.10. The van der Waals surface area contributed by atoms with Crippen molar-refractivity contribution in [2.75, 3.05) is 7.11 Å². The summed E-state index contributed by atoms with van der Waals surface area (Å²) in [4.78, 5) is 4.80. The van der Waals surface area contributed by atoms with E-state index in [0.717, 1.165) is 5.75 Å². The molecule has 0 aliphatic rings. The molecule has 6 heteroatoms. The zero-order valence-corrected chi connectivity index (χ0v) is 12.4. The summed E-state index contributed by atoms with van der Waals surface area (Å²) in [7, 11) is 0.380. The van der Waals surface area contributed by atoms with E-state index in [9.17, 15) is 4.21 Å². The summed E-state index contributed by atoms with van der Waals surface area (Å²) in [5, 5.41) is 0.887. The Morgan fingerprint density at radius 3 is 2.53 bits per heavy atom. The number of benzene rings is 1. The zero-order chi connectivity index (χ0) is 13.8. The van der Waals surface area contributed by atoms with Crippen LogP contribution >= 0.6 is 23.2 Å². The van der Waals surface area contributed by atoms with Crippen molar-refractivity contribution >= 4 is 34.0 Å². The van der Waals surface area contributed by atoms with Crippen LogP contribution in [0.15, 0.2) is 41.4 Å². The Morgan fingerprint density at radius 1 is 1.26 bits per heavy atom. The maximum absolute atomic E-state index is 12.2. The third-order valence-electron chi connectivity index (χ3n) is 2.47.